The van der Waals surface area contributed by atoms with Crippen molar-refractivity contribution in [2.45, 2.75) is 71.1 Å². The van der Waals surface area contributed by atoms with E-state index in [2.05, 4.69) is 6.92 Å². The summed E-state index contributed by atoms with van der Waals surface area (Å²) in [5.74, 6) is -0.974. The van der Waals surface area contributed by atoms with Crippen molar-refractivity contribution in [2.24, 2.45) is 0 Å². The van der Waals surface area contributed by atoms with Gasteiger partial charge in [0.05, 0.1) is 5.56 Å². The molecule has 0 aliphatic heterocycles. The molecule has 0 N–H and O–H groups in total. The normalized spacial score (nSPS) is 10.4. The highest BCUT2D eigenvalue weighted by molar-refractivity contribution is 5.96. The summed E-state index contributed by atoms with van der Waals surface area (Å²) in [6, 6.07) is 8.62. The van der Waals surface area contributed by atoms with Gasteiger partial charge in [-0.25, -0.2) is 4.79 Å². The van der Waals surface area contributed by atoms with E-state index in [-0.39, 0.29) is 0 Å². The fraction of sp³-hybridized carbons (Fsp3) is 0.579. The third-order valence-corrected chi connectivity index (χ3v) is 3.70. The van der Waals surface area contributed by atoms with Gasteiger partial charge in [0.1, 0.15) is 0 Å². The summed E-state index contributed by atoms with van der Waals surface area (Å²) in [4.78, 5) is 23.3. The average molecular weight is 304 g/mol. The summed E-state index contributed by atoms with van der Waals surface area (Å²) in [6.45, 7) is 2.22. The van der Waals surface area contributed by atoms with Crippen LogP contribution in [0.25, 0.3) is 0 Å². The van der Waals surface area contributed by atoms with E-state index >= 15 is 0 Å². The molecule has 1 rings (SSSR count). The molecule has 0 saturated heterocycles. The molecular weight excluding hydrogens is 276 g/mol. The number of hydrogen-bond acceptors (Lipinski definition) is 3. The smallest absolute Gasteiger partial charge is 0.345 e. The molecule has 0 aliphatic carbocycles. The third-order valence-electron chi connectivity index (χ3n) is 3.70. The second-order valence-corrected chi connectivity index (χ2v) is 5.71. The van der Waals surface area contributed by atoms with Gasteiger partial charge in [0.15, 0.2) is 0 Å². The molecule has 3 nitrogen and oxygen atoms in total. The lowest BCUT2D eigenvalue weighted by molar-refractivity contribution is -0.138. The molecule has 0 amide bonds. The van der Waals surface area contributed by atoms with Crippen LogP contribution in [0.2, 0.25) is 0 Å². The van der Waals surface area contributed by atoms with E-state index in [0.29, 0.717) is 12.0 Å². The van der Waals surface area contributed by atoms with Crippen molar-refractivity contribution < 1.29 is 14.3 Å². The van der Waals surface area contributed by atoms with Crippen LogP contribution in [-0.4, -0.2) is 11.9 Å². The van der Waals surface area contributed by atoms with Crippen molar-refractivity contribution in [2.75, 3.05) is 0 Å². The highest BCUT2D eigenvalue weighted by atomic mass is 16.6. The minimum Gasteiger partial charge on any atom is -0.389 e. The lowest BCUT2D eigenvalue weighted by Crippen LogP contribution is -2.12. The van der Waals surface area contributed by atoms with Gasteiger partial charge in [-0.3, -0.25) is 4.79 Å². The van der Waals surface area contributed by atoms with Crippen LogP contribution in [-0.2, 0) is 9.53 Å². The van der Waals surface area contributed by atoms with Crippen LogP contribution in [0.4, 0.5) is 0 Å². The second-order valence-electron chi connectivity index (χ2n) is 5.71. The molecule has 0 saturated carbocycles. The zero-order valence-corrected chi connectivity index (χ0v) is 13.7. The van der Waals surface area contributed by atoms with Gasteiger partial charge in [-0.1, -0.05) is 76.5 Å². The first-order valence-corrected chi connectivity index (χ1v) is 8.54. The standard InChI is InChI=1S/C19H28O3/c1-2-3-4-5-6-7-8-9-13-16-18(20)22-19(21)17-14-11-10-12-15-17/h10-12,14-15H,2-9,13,16H2,1H3. The van der Waals surface area contributed by atoms with E-state index in [1.807, 2.05) is 6.07 Å². The van der Waals surface area contributed by atoms with E-state index in [4.69, 9.17) is 4.74 Å². The highest BCUT2D eigenvalue weighted by Gasteiger charge is 2.11. The first-order valence-electron chi connectivity index (χ1n) is 8.54. The highest BCUT2D eigenvalue weighted by Crippen LogP contribution is 2.11. The Morgan fingerprint density at radius 2 is 1.36 bits per heavy atom. The number of carbonyl (C=O) groups is 2. The van der Waals surface area contributed by atoms with E-state index in [1.54, 1.807) is 24.3 Å². The van der Waals surface area contributed by atoms with E-state index in [1.165, 1.54) is 38.5 Å². The third kappa shape index (κ3) is 8.60. The SMILES string of the molecule is CCCCCCCCCCCC(=O)OC(=O)c1ccccc1. The molecule has 0 bridgehead atoms. The van der Waals surface area contributed by atoms with Crippen molar-refractivity contribution in [3.05, 3.63) is 35.9 Å². The monoisotopic (exact) mass is 304 g/mol. The lowest BCUT2D eigenvalue weighted by atomic mass is 10.1. The molecule has 3 heteroatoms. The van der Waals surface area contributed by atoms with Crippen LogP contribution < -0.4 is 0 Å². The Morgan fingerprint density at radius 3 is 1.95 bits per heavy atom. The Morgan fingerprint density at radius 1 is 0.818 bits per heavy atom. The maximum atomic E-state index is 11.7. The van der Waals surface area contributed by atoms with Crippen LogP contribution in [0, 0.1) is 0 Å². The molecule has 0 aliphatic rings. The summed E-state index contributed by atoms with van der Waals surface area (Å²) in [6.07, 6.45) is 11.1. The Bertz CT molecular complexity index is 426. The van der Waals surface area contributed by atoms with Gasteiger partial charge >= 0.3 is 11.9 Å². The summed E-state index contributed by atoms with van der Waals surface area (Å²) < 4.78 is 4.83. The van der Waals surface area contributed by atoms with Gasteiger partial charge in [-0.2, -0.15) is 0 Å². The van der Waals surface area contributed by atoms with Crippen molar-refractivity contribution in [1.29, 1.82) is 0 Å². The van der Waals surface area contributed by atoms with Crippen molar-refractivity contribution in [3.8, 4) is 0 Å². The maximum Gasteiger partial charge on any atom is 0.345 e. The van der Waals surface area contributed by atoms with E-state index in [9.17, 15) is 9.59 Å². The first kappa shape index (κ1) is 18.4. The number of rotatable bonds is 11. The number of esters is 2. The quantitative estimate of drug-likeness (QED) is 0.317. The zero-order valence-electron chi connectivity index (χ0n) is 13.7. The van der Waals surface area contributed by atoms with Crippen LogP contribution in [0.1, 0.15) is 81.5 Å². The van der Waals surface area contributed by atoms with Crippen LogP contribution in [0.15, 0.2) is 30.3 Å². The largest absolute Gasteiger partial charge is 0.389 e. The van der Waals surface area contributed by atoms with E-state index in [0.717, 1.165) is 19.3 Å². The number of benzene rings is 1. The van der Waals surface area contributed by atoms with Crippen LogP contribution in [0.5, 0.6) is 0 Å². The Hall–Kier alpha value is -1.64. The molecule has 0 unspecified atom stereocenters. The van der Waals surface area contributed by atoms with Gasteiger partial charge in [-0.15, -0.1) is 0 Å². The second kappa shape index (κ2) is 12.0. The summed E-state index contributed by atoms with van der Waals surface area (Å²) in [5, 5.41) is 0. The summed E-state index contributed by atoms with van der Waals surface area (Å²) in [7, 11) is 0. The Labute approximate surface area is 134 Å². The molecule has 0 fully saturated rings. The van der Waals surface area contributed by atoms with Gasteiger partial charge in [-0.05, 0) is 18.6 Å². The number of ether oxygens (including phenoxy) is 1. The number of unbranched alkanes of at least 4 members (excludes halogenated alkanes) is 8. The number of carbonyl (C=O) groups excluding carboxylic acids is 2. The molecule has 1 aromatic rings. The van der Waals surface area contributed by atoms with Crippen LogP contribution >= 0.6 is 0 Å². The lowest BCUT2D eigenvalue weighted by Gasteiger charge is -2.03. The van der Waals surface area contributed by atoms with Gasteiger partial charge in [0.25, 0.3) is 0 Å². The van der Waals surface area contributed by atoms with E-state index < -0.39 is 11.9 Å². The predicted octanol–water partition coefficient (Wildman–Crippen LogP) is 5.29. The topological polar surface area (TPSA) is 43.4 Å². The van der Waals surface area contributed by atoms with Gasteiger partial charge < -0.3 is 4.74 Å². The molecule has 0 spiro atoms. The van der Waals surface area contributed by atoms with Gasteiger partial charge in [0, 0.05) is 6.42 Å². The predicted molar refractivity (Wildman–Crippen MR) is 88.7 cm³/mol. The summed E-state index contributed by atoms with van der Waals surface area (Å²) in [5.41, 5.74) is 0.419. The molecular formula is C19H28O3. The Balaban J connectivity index is 2.01. The van der Waals surface area contributed by atoms with Gasteiger partial charge in [0.2, 0.25) is 0 Å². The molecule has 1 aromatic carbocycles. The molecule has 0 radical (unpaired) electrons. The van der Waals surface area contributed by atoms with Crippen molar-refractivity contribution in [3.63, 3.8) is 0 Å². The van der Waals surface area contributed by atoms with Crippen molar-refractivity contribution >= 4 is 11.9 Å². The molecule has 0 heterocycles. The number of hydrogen-bond donors (Lipinski definition) is 0. The fourth-order valence-corrected chi connectivity index (χ4v) is 2.37. The molecule has 0 atom stereocenters. The minimum atomic E-state index is -0.554. The first-order chi connectivity index (χ1) is 10.7. The zero-order chi connectivity index (χ0) is 16.0. The van der Waals surface area contributed by atoms with Crippen molar-refractivity contribution in [1.82, 2.24) is 0 Å². The molecule has 122 valence electrons. The molecule has 0 aromatic heterocycles. The Kier molecular flexibility index (Phi) is 10.0. The minimum absolute atomic E-state index is 0.328. The van der Waals surface area contributed by atoms with Crippen LogP contribution in [0.3, 0.4) is 0 Å². The maximum absolute atomic E-state index is 11.7. The molecule has 22 heavy (non-hydrogen) atoms. The average Bonchev–Trinajstić information content (AvgIpc) is 2.54. The summed E-state index contributed by atoms with van der Waals surface area (Å²) >= 11 is 0. The fourth-order valence-electron chi connectivity index (χ4n) is 2.37.